The van der Waals surface area contributed by atoms with Gasteiger partial charge in [0, 0.05) is 0 Å². The van der Waals surface area contributed by atoms with Gasteiger partial charge in [0.05, 0.1) is 13.7 Å². The van der Waals surface area contributed by atoms with Crippen LogP contribution in [-0.2, 0) is 10.3 Å². The van der Waals surface area contributed by atoms with Gasteiger partial charge in [-0.15, -0.1) is 0 Å². The molecule has 1 fully saturated rings. The van der Waals surface area contributed by atoms with Gasteiger partial charge < -0.3 is 19.9 Å². The van der Waals surface area contributed by atoms with E-state index in [1.165, 1.54) is 0 Å². The van der Waals surface area contributed by atoms with Crippen molar-refractivity contribution in [1.82, 2.24) is 10.2 Å². The second-order valence-corrected chi connectivity index (χ2v) is 6.98. The minimum atomic E-state index is -1.15. The molecule has 0 aliphatic carbocycles. The van der Waals surface area contributed by atoms with Crippen molar-refractivity contribution < 1.29 is 24.2 Å². The number of hydrogen-bond acceptors (Lipinski definition) is 5. The van der Waals surface area contributed by atoms with Crippen molar-refractivity contribution in [3.05, 3.63) is 59.7 Å². The van der Waals surface area contributed by atoms with Gasteiger partial charge in [0.25, 0.3) is 5.91 Å². The first kappa shape index (κ1) is 19.7. The SMILES string of the molecule is COc1ccc(OCC(O)CN2C(=O)NC(C)(c3ccc(C)cc3)C2=O)cc1. The predicted octanol–water partition coefficient (Wildman–Crippen LogP) is 2.21. The lowest BCUT2D eigenvalue weighted by Gasteiger charge is -2.23. The summed E-state index contributed by atoms with van der Waals surface area (Å²) in [5, 5.41) is 13.0. The number of carbonyl (C=O) groups excluding carboxylic acids is 2. The Balaban J connectivity index is 1.62. The number of β-amino-alcohol motifs (C(OH)–C–C–N with tert-alkyl or cyclic N) is 1. The van der Waals surface area contributed by atoms with Crippen LogP contribution in [0, 0.1) is 6.92 Å². The summed E-state index contributed by atoms with van der Waals surface area (Å²) in [6.45, 7) is 3.41. The molecular formula is C21H24N2O5. The van der Waals surface area contributed by atoms with Gasteiger partial charge in [0.1, 0.15) is 29.7 Å². The van der Waals surface area contributed by atoms with E-state index in [2.05, 4.69) is 5.32 Å². The Labute approximate surface area is 163 Å². The van der Waals surface area contributed by atoms with Crippen LogP contribution >= 0.6 is 0 Å². The molecule has 2 unspecified atom stereocenters. The molecule has 2 aromatic carbocycles. The molecule has 7 nitrogen and oxygen atoms in total. The summed E-state index contributed by atoms with van der Waals surface area (Å²) < 4.78 is 10.6. The van der Waals surface area contributed by atoms with Gasteiger partial charge in [0.15, 0.2) is 0 Å². The second kappa shape index (κ2) is 7.90. The van der Waals surface area contributed by atoms with Crippen molar-refractivity contribution >= 4 is 11.9 Å². The maximum absolute atomic E-state index is 12.9. The fourth-order valence-electron chi connectivity index (χ4n) is 3.07. The number of aryl methyl sites for hydroxylation is 1. The number of carbonyl (C=O) groups is 2. The van der Waals surface area contributed by atoms with E-state index in [4.69, 9.17) is 9.47 Å². The molecule has 148 valence electrons. The van der Waals surface area contributed by atoms with Crippen molar-refractivity contribution in [1.29, 1.82) is 0 Å². The molecule has 1 heterocycles. The summed E-state index contributed by atoms with van der Waals surface area (Å²) in [6, 6.07) is 13.8. The van der Waals surface area contributed by atoms with Crippen LogP contribution in [0.3, 0.4) is 0 Å². The standard InChI is InChI=1S/C21H24N2O5/c1-14-4-6-15(7-5-14)21(2)19(25)23(20(26)22-21)12-16(24)13-28-18-10-8-17(27-3)9-11-18/h4-11,16,24H,12-13H2,1-3H3,(H,22,26). The van der Waals surface area contributed by atoms with Gasteiger partial charge in [0.2, 0.25) is 0 Å². The number of ether oxygens (including phenoxy) is 2. The number of aliphatic hydroxyl groups excluding tert-OH is 1. The third-order valence-electron chi connectivity index (χ3n) is 4.80. The second-order valence-electron chi connectivity index (χ2n) is 6.98. The molecule has 2 N–H and O–H groups in total. The highest BCUT2D eigenvalue weighted by molar-refractivity contribution is 6.07. The van der Waals surface area contributed by atoms with E-state index >= 15 is 0 Å². The highest BCUT2D eigenvalue weighted by atomic mass is 16.5. The first-order chi connectivity index (χ1) is 13.3. The zero-order valence-corrected chi connectivity index (χ0v) is 16.1. The monoisotopic (exact) mass is 384 g/mol. The predicted molar refractivity (Wildman–Crippen MR) is 103 cm³/mol. The molecule has 1 saturated heterocycles. The van der Waals surface area contributed by atoms with Gasteiger partial charge in [-0.2, -0.15) is 0 Å². The fourth-order valence-corrected chi connectivity index (χ4v) is 3.07. The number of amides is 3. The topological polar surface area (TPSA) is 88.1 Å². The summed E-state index contributed by atoms with van der Waals surface area (Å²) in [6.07, 6.45) is -1.02. The highest BCUT2D eigenvalue weighted by Crippen LogP contribution is 2.29. The smallest absolute Gasteiger partial charge is 0.325 e. The number of urea groups is 1. The van der Waals surface area contributed by atoms with E-state index in [1.54, 1.807) is 38.3 Å². The van der Waals surface area contributed by atoms with E-state index in [0.29, 0.717) is 17.1 Å². The first-order valence-electron chi connectivity index (χ1n) is 8.99. The number of imide groups is 1. The lowest BCUT2D eigenvalue weighted by atomic mass is 9.91. The molecule has 0 bridgehead atoms. The molecular weight excluding hydrogens is 360 g/mol. The van der Waals surface area contributed by atoms with Crippen molar-refractivity contribution in [2.24, 2.45) is 0 Å². The van der Waals surface area contributed by atoms with Crippen molar-refractivity contribution in [3.8, 4) is 11.5 Å². The number of aliphatic hydroxyl groups is 1. The molecule has 3 amide bonds. The quantitative estimate of drug-likeness (QED) is 0.715. The van der Waals surface area contributed by atoms with Crippen molar-refractivity contribution in [3.63, 3.8) is 0 Å². The Morgan fingerprint density at radius 3 is 2.29 bits per heavy atom. The Bertz CT molecular complexity index is 850. The average Bonchev–Trinajstić information content (AvgIpc) is 2.91. The summed E-state index contributed by atoms with van der Waals surface area (Å²) in [5.41, 5.74) is 0.608. The minimum Gasteiger partial charge on any atom is -0.497 e. The number of nitrogens with one attached hydrogen (secondary N) is 1. The van der Waals surface area contributed by atoms with Gasteiger partial charge in [-0.1, -0.05) is 29.8 Å². The lowest BCUT2D eigenvalue weighted by molar-refractivity contribution is -0.132. The summed E-state index contributed by atoms with van der Waals surface area (Å²) in [4.78, 5) is 26.3. The van der Waals surface area contributed by atoms with Crippen LogP contribution in [0.5, 0.6) is 11.5 Å². The number of hydrogen-bond donors (Lipinski definition) is 2. The van der Waals surface area contributed by atoms with Gasteiger partial charge in [-0.05, 0) is 43.7 Å². The fraction of sp³-hybridized carbons (Fsp3) is 0.333. The molecule has 1 aliphatic heterocycles. The Hall–Kier alpha value is -3.06. The van der Waals surface area contributed by atoms with Crippen LogP contribution in [0.15, 0.2) is 48.5 Å². The number of nitrogens with zero attached hydrogens (tertiary/aromatic N) is 1. The molecule has 0 spiro atoms. The van der Waals surface area contributed by atoms with Crippen molar-refractivity contribution in [2.75, 3.05) is 20.3 Å². The van der Waals surface area contributed by atoms with Crippen LogP contribution in [-0.4, -0.2) is 48.3 Å². The normalized spacial score (nSPS) is 20.1. The summed E-state index contributed by atoms with van der Waals surface area (Å²) in [5.74, 6) is 0.856. The molecule has 2 aromatic rings. The third kappa shape index (κ3) is 3.94. The van der Waals surface area contributed by atoms with Crippen molar-refractivity contribution in [2.45, 2.75) is 25.5 Å². The lowest BCUT2D eigenvalue weighted by Crippen LogP contribution is -2.42. The number of benzene rings is 2. The molecule has 0 saturated carbocycles. The maximum Gasteiger partial charge on any atom is 0.325 e. The van der Waals surface area contributed by atoms with E-state index in [0.717, 1.165) is 10.5 Å². The van der Waals surface area contributed by atoms with Crippen LogP contribution in [0.25, 0.3) is 0 Å². The average molecular weight is 384 g/mol. The van der Waals surface area contributed by atoms with Crippen LogP contribution < -0.4 is 14.8 Å². The Morgan fingerprint density at radius 1 is 1.07 bits per heavy atom. The number of rotatable bonds is 7. The van der Waals surface area contributed by atoms with E-state index in [9.17, 15) is 14.7 Å². The zero-order chi connectivity index (χ0) is 20.3. The molecule has 1 aliphatic rings. The highest BCUT2D eigenvalue weighted by Gasteiger charge is 2.49. The maximum atomic E-state index is 12.9. The van der Waals surface area contributed by atoms with Gasteiger partial charge >= 0.3 is 6.03 Å². The van der Waals surface area contributed by atoms with Crippen LogP contribution in [0.4, 0.5) is 4.79 Å². The van der Waals surface area contributed by atoms with E-state index < -0.39 is 23.6 Å². The molecule has 0 radical (unpaired) electrons. The van der Waals surface area contributed by atoms with Gasteiger partial charge in [-0.25, -0.2) is 4.79 Å². The zero-order valence-electron chi connectivity index (χ0n) is 16.1. The number of methoxy groups -OCH3 is 1. The first-order valence-corrected chi connectivity index (χ1v) is 8.99. The molecule has 3 rings (SSSR count). The molecule has 7 heteroatoms. The third-order valence-corrected chi connectivity index (χ3v) is 4.80. The molecule has 2 atom stereocenters. The Morgan fingerprint density at radius 2 is 1.68 bits per heavy atom. The van der Waals surface area contributed by atoms with E-state index in [-0.39, 0.29) is 13.2 Å². The summed E-state index contributed by atoms with van der Waals surface area (Å²) in [7, 11) is 1.57. The summed E-state index contributed by atoms with van der Waals surface area (Å²) >= 11 is 0. The molecule has 0 aromatic heterocycles. The van der Waals surface area contributed by atoms with Gasteiger partial charge in [-0.3, -0.25) is 9.69 Å². The van der Waals surface area contributed by atoms with Crippen LogP contribution in [0.1, 0.15) is 18.1 Å². The van der Waals surface area contributed by atoms with E-state index in [1.807, 2.05) is 31.2 Å². The minimum absolute atomic E-state index is 0.0510. The molecule has 28 heavy (non-hydrogen) atoms. The van der Waals surface area contributed by atoms with Crippen LogP contribution in [0.2, 0.25) is 0 Å². The largest absolute Gasteiger partial charge is 0.497 e. The Kier molecular flexibility index (Phi) is 5.56.